The second-order valence-electron chi connectivity index (χ2n) is 8.61. The lowest BCUT2D eigenvalue weighted by molar-refractivity contribution is 0.112. The van der Waals surface area contributed by atoms with Gasteiger partial charge in [0.1, 0.15) is 5.82 Å². The van der Waals surface area contributed by atoms with Gasteiger partial charge < -0.3 is 5.11 Å². The van der Waals surface area contributed by atoms with E-state index in [0.29, 0.717) is 17.9 Å². The minimum atomic E-state index is -0.664. The Morgan fingerprint density at radius 3 is 2.70 bits per heavy atom. The first kappa shape index (κ1) is 19.1. The molecular formula is C24H23F2N3O. The van der Waals surface area contributed by atoms with Crippen LogP contribution in [0.4, 0.5) is 8.78 Å². The molecule has 1 N–H and O–H groups in total. The lowest BCUT2D eigenvalue weighted by atomic mass is 9.68. The van der Waals surface area contributed by atoms with Gasteiger partial charge in [-0.15, -0.1) is 0 Å². The maximum Gasteiger partial charge on any atom is 0.212 e. The molecule has 1 saturated carbocycles. The highest BCUT2D eigenvalue weighted by Gasteiger charge is 2.46. The first-order valence-electron chi connectivity index (χ1n) is 10.3. The van der Waals surface area contributed by atoms with Crippen LogP contribution in [0, 0.1) is 23.1 Å². The summed E-state index contributed by atoms with van der Waals surface area (Å²) in [7, 11) is 0. The van der Waals surface area contributed by atoms with E-state index in [1.807, 2.05) is 10.9 Å². The van der Waals surface area contributed by atoms with Gasteiger partial charge in [-0.25, -0.2) is 14.1 Å². The molecule has 5 rings (SSSR count). The smallest absolute Gasteiger partial charge is 0.212 e. The van der Waals surface area contributed by atoms with Gasteiger partial charge in [-0.05, 0) is 84.6 Å². The Bertz CT molecular complexity index is 1100. The molecule has 2 heterocycles. The van der Waals surface area contributed by atoms with Crippen molar-refractivity contribution in [3.8, 4) is 5.69 Å². The summed E-state index contributed by atoms with van der Waals surface area (Å²) in [5, 5.41) is 15.3. The molecule has 0 saturated heterocycles. The number of aliphatic hydroxyl groups excluding tert-OH is 1. The van der Waals surface area contributed by atoms with E-state index in [0.717, 1.165) is 36.2 Å². The Morgan fingerprint density at radius 2 is 1.97 bits per heavy atom. The summed E-state index contributed by atoms with van der Waals surface area (Å²) in [6.07, 6.45) is 8.32. The molecule has 154 valence electrons. The lowest BCUT2D eigenvalue weighted by Crippen LogP contribution is -2.30. The number of hydrogen-bond acceptors (Lipinski definition) is 3. The molecular weight excluding hydrogens is 384 g/mol. The molecule has 30 heavy (non-hydrogen) atoms. The molecule has 0 aliphatic heterocycles. The molecule has 1 aromatic carbocycles. The summed E-state index contributed by atoms with van der Waals surface area (Å²) < 4.78 is 28.3. The van der Waals surface area contributed by atoms with E-state index in [1.165, 1.54) is 30.0 Å². The Morgan fingerprint density at radius 1 is 1.17 bits per heavy atom. The van der Waals surface area contributed by atoms with Crippen LogP contribution in [0.25, 0.3) is 11.8 Å². The normalized spacial score (nSPS) is 23.6. The second kappa shape index (κ2) is 7.13. The van der Waals surface area contributed by atoms with Crippen LogP contribution >= 0.6 is 0 Å². The zero-order valence-corrected chi connectivity index (χ0v) is 16.7. The largest absolute Gasteiger partial charge is 0.388 e. The van der Waals surface area contributed by atoms with Crippen LogP contribution in [-0.4, -0.2) is 19.9 Å². The predicted molar refractivity (Wildman–Crippen MR) is 110 cm³/mol. The third kappa shape index (κ3) is 3.16. The number of pyridine rings is 1. The van der Waals surface area contributed by atoms with Crippen molar-refractivity contribution in [3.63, 3.8) is 0 Å². The van der Waals surface area contributed by atoms with Gasteiger partial charge in [-0.2, -0.15) is 9.49 Å². The summed E-state index contributed by atoms with van der Waals surface area (Å²) in [5.74, 6) is -0.493. The molecule has 1 fully saturated rings. The third-order valence-electron chi connectivity index (χ3n) is 6.87. The number of hydrogen-bond donors (Lipinski definition) is 1. The van der Waals surface area contributed by atoms with E-state index in [9.17, 15) is 13.9 Å². The van der Waals surface area contributed by atoms with Crippen molar-refractivity contribution in [2.45, 2.75) is 38.7 Å². The van der Waals surface area contributed by atoms with Crippen LogP contribution in [0.5, 0.6) is 0 Å². The maximum atomic E-state index is 13.3. The highest BCUT2D eigenvalue weighted by atomic mass is 19.1. The van der Waals surface area contributed by atoms with Gasteiger partial charge in [0.25, 0.3) is 0 Å². The molecule has 0 radical (unpaired) electrons. The molecule has 6 heteroatoms. The van der Waals surface area contributed by atoms with Gasteiger partial charge in [0, 0.05) is 6.20 Å². The predicted octanol–water partition coefficient (Wildman–Crippen LogP) is 5.03. The van der Waals surface area contributed by atoms with Gasteiger partial charge in [0.05, 0.1) is 23.7 Å². The minimum absolute atomic E-state index is 0.0436. The topological polar surface area (TPSA) is 50.9 Å². The summed E-state index contributed by atoms with van der Waals surface area (Å²) in [5.41, 5.74) is 5.03. The zero-order chi connectivity index (χ0) is 20.9. The standard InChI is InChI=1S/C24H23F2N3O/c1-24-12-16-14-28-29(20-7-5-19(25)6-8-20)21(16)10-17(24)3-4-18(24)11-22(30)15-2-9-23(26)27-13-15/h2,5-10,13-14,18,22,30H,3-4,11-12H2,1H3/t18-,22+,24+/m1/s1. The Balaban J connectivity index is 1.41. The van der Waals surface area contributed by atoms with Crippen molar-refractivity contribution >= 4 is 6.08 Å². The number of fused-ring (bicyclic) bond motifs is 2. The minimum Gasteiger partial charge on any atom is -0.388 e. The fourth-order valence-electron chi connectivity index (χ4n) is 5.09. The Kier molecular flexibility index (Phi) is 4.54. The van der Waals surface area contributed by atoms with Gasteiger partial charge in [0.2, 0.25) is 5.95 Å². The summed E-state index contributed by atoms with van der Waals surface area (Å²) in [6, 6.07) is 9.25. The van der Waals surface area contributed by atoms with Gasteiger partial charge >= 0.3 is 0 Å². The van der Waals surface area contributed by atoms with Crippen LogP contribution in [0.1, 0.15) is 49.1 Å². The van der Waals surface area contributed by atoms with Gasteiger partial charge in [-0.1, -0.05) is 18.6 Å². The molecule has 0 spiro atoms. The van der Waals surface area contributed by atoms with E-state index in [2.05, 4.69) is 23.1 Å². The van der Waals surface area contributed by atoms with Crippen LogP contribution in [0.3, 0.4) is 0 Å². The monoisotopic (exact) mass is 407 g/mol. The van der Waals surface area contributed by atoms with Crippen LogP contribution in [-0.2, 0) is 6.42 Å². The number of halogens is 2. The maximum absolute atomic E-state index is 13.3. The summed E-state index contributed by atoms with van der Waals surface area (Å²) in [6.45, 7) is 2.27. The zero-order valence-electron chi connectivity index (χ0n) is 16.7. The van der Waals surface area contributed by atoms with Crippen molar-refractivity contribution < 1.29 is 13.9 Å². The molecule has 2 aliphatic carbocycles. The van der Waals surface area contributed by atoms with E-state index >= 15 is 0 Å². The first-order valence-corrected chi connectivity index (χ1v) is 10.3. The summed E-state index contributed by atoms with van der Waals surface area (Å²) >= 11 is 0. The Labute approximate surface area is 173 Å². The van der Waals surface area contributed by atoms with Crippen molar-refractivity contribution in [1.82, 2.24) is 14.8 Å². The first-order chi connectivity index (χ1) is 14.4. The van der Waals surface area contributed by atoms with Crippen molar-refractivity contribution in [2.75, 3.05) is 0 Å². The molecule has 2 aliphatic rings. The van der Waals surface area contributed by atoms with Crippen molar-refractivity contribution in [3.05, 3.63) is 83.0 Å². The van der Waals surface area contributed by atoms with E-state index in [-0.39, 0.29) is 11.2 Å². The quantitative estimate of drug-likeness (QED) is 0.618. The van der Waals surface area contributed by atoms with Crippen LogP contribution in [0.2, 0.25) is 0 Å². The Hall–Kier alpha value is -2.86. The molecule has 2 aromatic heterocycles. The number of rotatable bonds is 4. The van der Waals surface area contributed by atoms with E-state index in [4.69, 9.17) is 0 Å². The highest BCUT2D eigenvalue weighted by molar-refractivity contribution is 5.61. The number of benzene rings is 1. The SMILES string of the molecule is C[C@]12Cc3cnn(-c4ccc(F)cc4)c3C=C1CC[C@@H]2C[C@H](O)c1ccc(F)nc1. The fourth-order valence-corrected chi connectivity index (χ4v) is 5.09. The molecule has 0 bridgehead atoms. The van der Waals surface area contributed by atoms with E-state index < -0.39 is 12.1 Å². The average Bonchev–Trinajstić information content (AvgIpc) is 3.27. The lowest BCUT2D eigenvalue weighted by Gasteiger charge is -2.37. The fraction of sp³-hybridized carbons (Fsp3) is 0.333. The van der Waals surface area contributed by atoms with Crippen LogP contribution in [0.15, 0.2) is 54.4 Å². The summed E-state index contributed by atoms with van der Waals surface area (Å²) in [4.78, 5) is 3.67. The number of aliphatic hydroxyl groups is 1. The van der Waals surface area contributed by atoms with E-state index in [1.54, 1.807) is 18.2 Å². The average molecular weight is 407 g/mol. The number of nitrogens with zero attached hydrogens (tertiary/aromatic N) is 3. The van der Waals surface area contributed by atoms with Gasteiger partial charge in [-0.3, -0.25) is 0 Å². The van der Waals surface area contributed by atoms with Gasteiger partial charge in [0.15, 0.2) is 0 Å². The van der Waals surface area contributed by atoms with Crippen molar-refractivity contribution in [1.29, 1.82) is 0 Å². The molecule has 3 atom stereocenters. The van der Waals surface area contributed by atoms with Crippen molar-refractivity contribution in [2.24, 2.45) is 11.3 Å². The second-order valence-corrected chi connectivity index (χ2v) is 8.61. The number of aromatic nitrogens is 3. The molecule has 3 aromatic rings. The van der Waals surface area contributed by atoms with Crippen LogP contribution < -0.4 is 0 Å². The number of allylic oxidation sites excluding steroid dienone is 1. The molecule has 0 amide bonds. The highest BCUT2D eigenvalue weighted by Crippen LogP contribution is 2.55. The molecule has 4 nitrogen and oxygen atoms in total. The molecule has 0 unspecified atom stereocenters. The third-order valence-corrected chi connectivity index (χ3v) is 6.87.